The number of Topliss-reactive ketones (excluding diaryl/α,β-unsaturated/α-hetero) is 1. The molecule has 0 aliphatic carbocycles. The number of hydrazone groups is 1. The Labute approximate surface area is 206 Å². The third-order valence-corrected chi connectivity index (χ3v) is 5.60. The summed E-state index contributed by atoms with van der Waals surface area (Å²) in [4.78, 5) is 50.5. The van der Waals surface area contributed by atoms with Crippen LogP contribution in [0.25, 0.3) is 0 Å². The average molecular weight is 479 g/mol. The van der Waals surface area contributed by atoms with E-state index in [0.717, 1.165) is 11.1 Å². The van der Waals surface area contributed by atoms with Gasteiger partial charge in [-0.15, -0.1) is 0 Å². The van der Waals surface area contributed by atoms with Crippen molar-refractivity contribution in [3.8, 4) is 0 Å². The Hall–Kier alpha value is -3.81. The Balaban J connectivity index is 2.10. The highest BCUT2D eigenvalue weighted by atomic mass is 16.2. The number of nitrogens with one attached hydrogen (secondary N) is 1. The zero-order chi connectivity index (χ0) is 25.6. The molecule has 0 spiro atoms. The number of nitrogens with two attached hydrogens (primary N) is 1. The van der Waals surface area contributed by atoms with Crippen LogP contribution in [0.2, 0.25) is 0 Å². The summed E-state index contributed by atoms with van der Waals surface area (Å²) in [6, 6.07) is 19.5. The SMILES string of the molecule is CCC/C(=N\NC(=O)C(N)=O)C(CC)C(=O)CCC(=O)N(Cc1ccccc1)Cc1ccccc1. The predicted octanol–water partition coefficient (Wildman–Crippen LogP) is 3.35. The number of rotatable bonds is 13. The van der Waals surface area contributed by atoms with Gasteiger partial charge in [-0.3, -0.25) is 19.2 Å². The van der Waals surface area contributed by atoms with Gasteiger partial charge in [-0.25, -0.2) is 5.43 Å². The van der Waals surface area contributed by atoms with Crippen LogP contribution in [0, 0.1) is 5.92 Å². The Morgan fingerprint density at radius 3 is 1.86 bits per heavy atom. The molecule has 0 saturated carbocycles. The molecule has 0 aromatic heterocycles. The molecule has 0 aliphatic rings. The largest absolute Gasteiger partial charge is 0.361 e. The highest BCUT2D eigenvalue weighted by molar-refractivity contribution is 6.34. The number of hydrogen-bond donors (Lipinski definition) is 2. The molecule has 0 bridgehead atoms. The van der Waals surface area contributed by atoms with Gasteiger partial charge in [0.05, 0.1) is 5.92 Å². The molecule has 3 amide bonds. The van der Waals surface area contributed by atoms with Gasteiger partial charge in [0.1, 0.15) is 5.78 Å². The van der Waals surface area contributed by atoms with E-state index in [0.29, 0.717) is 38.1 Å². The second-order valence-electron chi connectivity index (χ2n) is 8.31. The van der Waals surface area contributed by atoms with Crippen molar-refractivity contribution in [2.75, 3.05) is 0 Å². The third-order valence-electron chi connectivity index (χ3n) is 5.60. The normalized spacial score (nSPS) is 12.0. The lowest BCUT2D eigenvalue weighted by Crippen LogP contribution is -2.35. The van der Waals surface area contributed by atoms with Crippen molar-refractivity contribution in [3.05, 3.63) is 71.8 Å². The fourth-order valence-electron chi connectivity index (χ4n) is 3.79. The van der Waals surface area contributed by atoms with Crippen LogP contribution in [-0.2, 0) is 32.3 Å². The zero-order valence-corrected chi connectivity index (χ0v) is 20.4. The Morgan fingerprint density at radius 2 is 1.40 bits per heavy atom. The van der Waals surface area contributed by atoms with Crippen molar-refractivity contribution in [3.63, 3.8) is 0 Å². The van der Waals surface area contributed by atoms with Crippen LogP contribution in [0.15, 0.2) is 65.8 Å². The van der Waals surface area contributed by atoms with Crippen LogP contribution >= 0.6 is 0 Å². The van der Waals surface area contributed by atoms with Crippen molar-refractivity contribution < 1.29 is 19.2 Å². The third kappa shape index (κ3) is 9.16. The van der Waals surface area contributed by atoms with Gasteiger partial charge in [-0.2, -0.15) is 5.10 Å². The maximum atomic E-state index is 13.2. The first kappa shape index (κ1) is 27.4. The highest BCUT2D eigenvalue weighted by Gasteiger charge is 2.24. The first-order valence-corrected chi connectivity index (χ1v) is 11.9. The molecule has 2 aromatic rings. The topological polar surface area (TPSA) is 122 Å². The van der Waals surface area contributed by atoms with Crippen LogP contribution in [0.1, 0.15) is 57.1 Å². The quantitative estimate of drug-likeness (QED) is 0.260. The van der Waals surface area contributed by atoms with Crippen LogP contribution in [0.5, 0.6) is 0 Å². The van der Waals surface area contributed by atoms with Gasteiger partial charge in [-0.05, 0) is 24.0 Å². The molecule has 3 N–H and O–H groups in total. The van der Waals surface area contributed by atoms with Crippen molar-refractivity contribution >= 4 is 29.2 Å². The molecule has 35 heavy (non-hydrogen) atoms. The number of ketones is 1. The number of primary amides is 1. The molecule has 0 heterocycles. The molecule has 186 valence electrons. The summed E-state index contributed by atoms with van der Waals surface area (Å²) >= 11 is 0. The fraction of sp³-hybridized carbons (Fsp3) is 0.370. The van der Waals surface area contributed by atoms with Gasteiger partial charge in [0.15, 0.2) is 0 Å². The number of amides is 3. The molecule has 8 heteroatoms. The van der Waals surface area contributed by atoms with Gasteiger partial charge in [0, 0.05) is 31.6 Å². The smallest absolute Gasteiger partial charge is 0.329 e. The second kappa shape index (κ2) is 14.5. The lowest BCUT2D eigenvalue weighted by molar-refractivity contribution is -0.137. The summed E-state index contributed by atoms with van der Waals surface area (Å²) in [5, 5.41) is 4.00. The minimum atomic E-state index is -1.15. The van der Waals surface area contributed by atoms with Crippen molar-refractivity contribution in [1.29, 1.82) is 0 Å². The zero-order valence-electron chi connectivity index (χ0n) is 20.4. The van der Waals surface area contributed by atoms with Crippen LogP contribution in [-0.4, -0.2) is 34.1 Å². The van der Waals surface area contributed by atoms with Gasteiger partial charge in [0.25, 0.3) is 0 Å². The molecular formula is C27H34N4O4. The maximum Gasteiger partial charge on any atom is 0.329 e. The minimum absolute atomic E-state index is 0.0594. The van der Waals surface area contributed by atoms with Crippen molar-refractivity contribution in [2.45, 2.75) is 59.0 Å². The van der Waals surface area contributed by atoms with E-state index in [1.54, 1.807) is 4.90 Å². The van der Waals surface area contributed by atoms with Gasteiger partial charge < -0.3 is 10.6 Å². The predicted molar refractivity (Wildman–Crippen MR) is 135 cm³/mol. The van der Waals surface area contributed by atoms with Crippen LogP contribution in [0.3, 0.4) is 0 Å². The summed E-state index contributed by atoms with van der Waals surface area (Å²) in [6.07, 6.45) is 1.78. The van der Waals surface area contributed by atoms with E-state index in [9.17, 15) is 19.2 Å². The van der Waals surface area contributed by atoms with Crippen molar-refractivity contribution in [2.24, 2.45) is 16.8 Å². The molecule has 0 aliphatic heterocycles. The lowest BCUT2D eigenvalue weighted by atomic mass is 9.90. The van der Waals surface area contributed by atoms with Crippen LogP contribution in [0.4, 0.5) is 0 Å². The average Bonchev–Trinajstić information content (AvgIpc) is 2.86. The Bertz CT molecular complexity index is 980. The first-order chi connectivity index (χ1) is 16.8. The fourth-order valence-corrected chi connectivity index (χ4v) is 3.79. The molecule has 0 radical (unpaired) electrons. The molecule has 8 nitrogen and oxygen atoms in total. The lowest BCUT2D eigenvalue weighted by Gasteiger charge is -2.24. The summed E-state index contributed by atoms with van der Waals surface area (Å²) in [5.74, 6) is -2.97. The molecule has 2 aromatic carbocycles. The van der Waals surface area contributed by atoms with E-state index in [1.165, 1.54) is 0 Å². The van der Waals surface area contributed by atoms with E-state index in [2.05, 4.69) is 10.5 Å². The van der Waals surface area contributed by atoms with E-state index in [4.69, 9.17) is 5.73 Å². The highest BCUT2D eigenvalue weighted by Crippen LogP contribution is 2.17. The molecule has 0 fully saturated rings. The van der Waals surface area contributed by atoms with Crippen LogP contribution < -0.4 is 11.2 Å². The maximum absolute atomic E-state index is 13.2. The summed E-state index contributed by atoms with van der Waals surface area (Å²) < 4.78 is 0. The van der Waals surface area contributed by atoms with E-state index >= 15 is 0 Å². The Kier molecular flexibility index (Phi) is 11.3. The van der Waals surface area contributed by atoms with E-state index < -0.39 is 17.7 Å². The molecular weight excluding hydrogens is 444 g/mol. The van der Waals surface area contributed by atoms with E-state index in [-0.39, 0.29) is 24.5 Å². The number of carbonyl (C=O) groups excluding carboxylic acids is 4. The molecule has 1 unspecified atom stereocenters. The molecule has 0 saturated heterocycles. The summed E-state index contributed by atoms with van der Waals surface area (Å²) in [7, 11) is 0. The molecule has 2 rings (SSSR count). The standard InChI is InChI=1S/C27H34N4O4/c1-3-11-23(29-30-27(35)26(28)34)22(4-2)24(32)16-17-25(33)31(18-20-12-7-5-8-13-20)19-21-14-9-6-10-15-21/h5-10,12-15,22H,3-4,11,16-19H2,1-2H3,(H2,28,34)(H,30,35)/b29-23+. The summed E-state index contributed by atoms with van der Waals surface area (Å²) in [5.41, 5.74) is 9.58. The summed E-state index contributed by atoms with van der Waals surface area (Å²) in [6.45, 7) is 4.67. The number of hydrogen-bond acceptors (Lipinski definition) is 5. The number of nitrogens with zero attached hydrogens (tertiary/aromatic N) is 2. The van der Waals surface area contributed by atoms with Gasteiger partial charge >= 0.3 is 11.8 Å². The van der Waals surface area contributed by atoms with Crippen molar-refractivity contribution in [1.82, 2.24) is 10.3 Å². The first-order valence-electron chi connectivity index (χ1n) is 11.9. The van der Waals surface area contributed by atoms with Gasteiger partial charge in [0.2, 0.25) is 5.91 Å². The molecule has 1 atom stereocenters. The Morgan fingerprint density at radius 1 is 0.857 bits per heavy atom. The van der Waals surface area contributed by atoms with Gasteiger partial charge in [-0.1, -0.05) is 80.9 Å². The minimum Gasteiger partial charge on any atom is -0.361 e. The number of benzene rings is 2. The second-order valence-corrected chi connectivity index (χ2v) is 8.31. The number of carbonyl (C=O) groups is 4. The van der Waals surface area contributed by atoms with E-state index in [1.807, 2.05) is 74.5 Å². The monoisotopic (exact) mass is 478 g/mol.